The molecule has 20 heavy (non-hydrogen) atoms. The fourth-order valence-electron chi connectivity index (χ4n) is 1.84. The Labute approximate surface area is 119 Å². The Hall–Kier alpha value is -2.40. The molecule has 0 spiro atoms. The molecule has 0 amide bonds. The number of nitrogens with zero attached hydrogens (tertiary/aromatic N) is 2. The Morgan fingerprint density at radius 2 is 2.20 bits per heavy atom. The minimum Gasteiger partial charge on any atom is -0.421 e. The number of carbonyl (C=O) groups is 1. The maximum Gasteiger partial charge on any atom is 0.345 e. The lowest BCUT2D eigenvalue weighted by molar-refractivity contribution is 0.0736. The predicted octanol–water partition coefficient (Wildman–Crippen LogP) is 3.14. The molecule has 0 bridgehead atoms. The number of ether oxygens (including phenoxy) is 1. The normalized spacial score (nSPS) is 10.7. The Kier molecular flexibility index (Phi) is 3.12. The van der Waals surface area contributed by atoms with Gasteiger partial charge in [-0.25, -0.2) is 9.78 Å². The van der Waals surface area contributed by atoms with Gasteiger partial charge in [-0.3, -0.25) is 4.98 Å². The van der Waals surface area contributed by atoms with Crippen LogP contribution in [0.4, 0.5) is 0 Å². The van der Waals surface area contributed by atoms with E-state index in [0.29, 0.717) is 27.5 Å². The number of aromatic amines is 1. The fourth-order valence-corrected chi connectivity index (χ4v) is 1.99. The van der Waals surface area contributed by atoms with Crippen LogP contribution in [0.15, 0.2) is 36.8 Å². The molecule has 0 saturated carbocycles. The van der Waals surface area contributed by atoms with E-state index in [9.17, 15) is 4.79 Å². The second-order valence-corrected chi connectivity index (χ2v) is 4.64. The van der Waals surface area contributed by atoms with E-state index in [4.69, 9.17) is 16.3 Å². The van der Waals surface area contributed by atoms with Crippen LogP contribution in [-0.4, -0.2) is 20.9 Å². The van der Waals surface area contributed by atoms with Gasteiger partial charge in [0.05, 0.1) is 34.3 Å². The van der Waals surface area contributed by atoms with E-state index in [-0.39, 0.29) is 0 Å². The van der Waals surface area contributed by atoms with Crippen LogP contribution < -0.4 is 4.74 Å². The van der Waals surface area contributed by atoms with Crippen molar-refractivity contribution in [1.29, 1.82) is 0 Å². The molecule has 0 aliphatic rings. The third kappa shape index (κ3) is 2.23. The lowest BCUT2D eigenvalue weighted by atomic mass is 10.2. The van der Waals surface area contributed by atoms with Gasteiger partial charge in [0.15, 0.2) is 5.75 Å². The highest BCUT2D eigenvalue weighted by Gasteiger charge is 2.14. The third-order valence-electron chi connectivity index (χ3n) is 2.88. The van der Waals surface area contributed by atoms with Gasteiger partial charge >= 0.3 is 5.97 Å². The lowest BCUT2D eigenvalue weighted by Crippen LogP contribution is -2.09. The number of imidazole rings is 1. The topological polar surface area (TPSA) is 67.9 Å². The molecule has 1 N–H and O–H groups in total. The largest absolute Gasteiger partial charge is 0.421 e. The minimum absolute atomic E-state index is 0.304. The quantitative estimate of drug-likeness (QED) is 0.735. The summed E-state index contributed by atoms with van der Waals surface area (Å²) in [7, 11) is 0. The molecule has 0 unspecified atom stereocenters. The number of pyridine rings is 1. The minimum atomic E-state index is -0.496. The molecular formula is C14H10ClN3O2. The molecule has 0 radical (unpaired) electrons. The van der Waals surface area contributed by atoms with E-state index in [1.807, 2.05) is 6.07 Å². The number of fused-ring (bicyclic) bond motifs is 1. The van der Waals surface area contributed by atoms with Crippen LogP contribution in [0, 0.1) is 6.92 Å². The van der Waals surface area contributed by atoms with Crippen LogP contribution >= 0.6 is 11.6 Å². The van der Waals surface area contributed by atoms with Gasteiger partial charge in [0.2, 0.25) is 0 Å². The van der Waals surface area contributed by atoms with Crippen molar-refractivity contribution in [3.05, 3.63) is 53.1 Å². The van der Waals surface area contributed by atoms with Gasteiger partial charge in [0.1, 0.15) is 5.52 Å². The summed E-state index contributed by atoms with van der Waals surface area (Å²) in [4.78, 5) is 23.3. The standard InChI is InChI=1S/C14H10ClN3O2/c1-8-11(15)5-9(6-16-8)20-14(19)10-3-2-4-12-13(10)18-7-17-12/h2-7H,1H3,(H,17,18). The number of hydrogen-bond donors (Lipinski definition) is 1. The van der Waals surface area contributed by atoms with E-state index in [2.05, 4.69) is 15.0 Å². The Balaban J connectivity index is 1.93. The average Bonchev–Trinajstić information content (AvgIpc) is 2.91. The van der Waals surface area contributed by atoms with Gasteiger partial charge in [-0.1, -0.05) is 17.7 Å². The molecule has 0 atom stereocenters. The SMILES string of the molecule is Cc1ncc(OC(=O)c2cccc3[nH]cnc23)cc1Cl. The molecular weight excluding hydrogens is 278 g/mol. The number of hydrogen-bond acceptors (Lipinski definition) is 4. The predicted molar refractivity (Wildman–Crippen MR) is 75.0 cm³/mol. The first-order valence-corrected chi connectivity index (χ1v) is 6.29. The third-order valence-corrected chi connectivity index (χ3v) is 3.26. The molecule has 100 valence electrons. The van der Waals surface area contributed by atoms with Crippen LogP contribution in [0.25, 0.3) is 11.0 Å². The number of carbonyl (C=O) groups excluding carboxylic acids is 1. The van der Waals surface area contributed by atoms with Crippen molar-refractivity contribution in [2.75, 3.05) is 0 Å². The molecule has 0 saturated heterocycles. The zero-order valence-corrected chi connectivity index (χ0v) is 11.3. The molecule has 3 aromatic rings. The average molecular weight is 288 g/mol. The van der Waals surface area contributed by atoms with E-state index in [1.165, 1.54) is 12.5 Å². The van der Waals surface area contributed by atoms with Crippen molar-refractivity contribution >= 4 is 28.6 Å². The van der Waals surface area contributed by atoms with Crippen LogP contribution in [0.1, 0.15) is 16.1 Å². The zero-order chi connectivity index (χ0) is 14.1. The smallest absolute Gasteiger partial charge is 0.345 e. The zero-order valence-electron chi connectivity index (χ0n) is 10.6. The number of benzene rings is 1. The summed E-state index contributed by atoms with van der Waals surface area (Å²) in [6, 6.07) is 6.82. The molecule has 0 aliphatic heterocycles. The Bertz CT molecular complexity index is 798. The summed E-state index contributed by atoms with van der Waals surface area (Å²) in [6.07, 6.45) is 3.00. The van der Waals surface area contributed by atoms with Crippen molar-refractivity contribution in [2.24, 2.45) is 0 Å². The molecule has 5 nitrogen and oxygen atoms in total. The summed E-state index contributed by atoms with van der Waals surface area (Å²) in [5.41, 5.74) is 2.42. The first-order valence-electron chi connectivity index (χ1n) is 5.91. The monoisotopic (exact) mass is 287 g/mol. The van der Waals surface area contributed by atoms with Crippen molar-refractivity contribution in [3.63, 3.8) is 0 Å². The first kappa shape index (κ1) is 12.6. The highest BCUT2D eigenvalue weighted by Crippen LogP contribution is 2.21. The number of esters is 1. The fraction of sp³-hybridized carbons (Fsp3) is 0.0714. The number of para-hydroxylation sites is 1. The maximum absolute atomic E-state index is 12.2. The van der Waals surface area contributed by atoms with Gasteiger partial charge < -0.3 is 9.72 Å². The maximum atomic E-state index is 12.2. The number of aromatic nitrogens is 3. The highest BCUT2D eigenvalue weighted by atomic mass is 35.5. The Morgan fingerprint density at radius 3 is 3.00 bits per heavy atom. The van der Waals surface area contributed by atoms with Gasteiger partial charge in [0, 0.05) is 6.07 Å². The van der Waals surface area contributed by atoms with E-state index in [0.717, 1.165) is 5.52 Å². The second kappa shape index (κ2) is 4.94. The number of halogens is 1. The number of nitrogens with one attached hydrogen (secondary N) is 1. The summed E-state index contributed by atoms with van der Waals surface area (Å²) in [5.74, 6) is -0.192. The van der Waals surface area contributed by atoms with E-state index < -0.39 is 5.97 Å². The van der Waals surface area contributed by atoms with Crippen LogP contribution in [0.2, 0.25) is 5.02 Å². The lowest BCUT2D eigenvalue weighted by Gasteiger charge is -2.05. The molecule has 0 aliphatic carbocycles. The Morgan fingerprint density at radius 1 is 1.35 bits per heavy atom. The van der Waals surface area contributed by atoms with E-state index >= 15 is 0 Å². The highest BCUT2D eigenvalue weighted by molar-refractivity contribution is 6.31. The molecule has 2 heterocycles. The molecule has 0 fully saturated rings. The van der Waals surface area contributed by atoms with Gasteiger partial charge in [0.25, 0.3) is 0 Å². The van der Waals surface area contributed by atoms with Gasteiger partial charge in [-0.2, -0.15) is 0 Å². The molecule has 6 heteroatoms. The number of rotatable bonds is 2. The summed E-state index contributed by atoms with van der Waals surface area (Å²) < 4.78 is 5.27. The second-order valence-electron chi connectivity index (χ2n) is 4.23. The molecule has 1 aromatic carbocycles. The van der Waals surface area contributed by atoms with Crippen LogP contribution in [0.5, 0.6) is 5.75 Å². The van der Waals surface area contributed by atoms with Gasteiger partial charge in [-0.05, 0) is 19.1 Å². The van der Waals surface area contributed by atoms with Crippen molar-refractivity contribution in [1.82, 2.24) is 15.0 Å². The van der Waals surface area contributed by atoms with Crippen LogP contribution in [-0.2, 0) is 0 Å². The summed E-state index contributed by atoms with van der Waals surface area (Å²) >= 11 is 5.95. The van der Waals surface area contributed by atoms with Crippen LogP contribution in [0.3, 0.4) is 0 Å². The van der Waals surface area contributed by atoms with Crippen molar-refractivity contribution in [2.45, 2.75) is 6.92 Å². The van der Waals surface area contributed by atoms with E-state index in [1.54, 1.807) is 25.1 Å². The summed E-state index contributed by atoms with van der Waals surface area (Å²) in [6.45, 7) is 1.78. The van der Waals surface area contributed by atoms with Gasteiger partial charge in [-0.15, -0.1) is 0 Å². The number of aryl methyl sites for hydroxylation is 1. The first-order chi connectivity index (χ1) is 9.65. The molecule has 2 aromatic heterocycles. The van der Waals surface area contributed by atoms with Crippen molar-refractivity contribution < 1.29 is 9.53 Å². The van der Waals surface area contributed by atoms with Crippen molar-refractivity contribution in [3.8, 4) is 5.75 Å². The summed E-state index contributed by atoms with van der Waals surface area (Å²) in [5, 5.41) is 0.452. The molecule has 3 rings (SSSR count). The number of H-pyrrole nitrogens is 1.